The van der Waals surface area contributed by atoms with Crippen LogP contribution in [-0.4, -0.2) is 5.71 Å². The number of hydrazone groups is 1. The van der Waals surface area contributed by atoms with E-state index in [1.54, 1.807) is 24.3 Å². The Balaban J connectivity index is 2.16. The first-order chi connectivity index (χ1) is 13.0. The molecular weight excluding hydrogens is 422 g/mol. The molecule has 1 N–H and O–H groups in total. The lowest BCUT2D eigenvalue weighted by Crippen LogP contribution is -2.00. The predicted molar refractivity (Wildman–Crippen MR) is 122 cm³/mol. The molecule has 0 aromatic heterocycles. The number of allylic oxidation sites excluding steroid dienone is 1. The molecule has 144 valence electrons. The summed E-state index contributed by atoms with van der Waals surface area (Å²) in [4.78, 5) is 0. The third-order valence-corrected chi connectivity index (χ3v) is 5.34. The second-order valence-electron chi connectivity index (χ2n) is 6.13. The Labute approximate surface area is 181 Å². The molecular formula is C21H22Cl4N2. The van der Waals surface area contributed by atoms with Crippen LogP contribution in [0.2, 0.25) is 20.1 Å². The zero-order chi connectivity index (χ0) is 19.6. The summed E-state index contributed by atoms with van der Waals surface area (Å²) >= 11 is 24.5. The van der Waals surface area contributed by atoms with E-state index < -0.39 is 0 Å². The Kier molecular flexibility index (Phi) is 9.50. The number of hydrogen-bond donors (Lipinski definition) is 1. The van der Waals surface area contributed by atoms with Crippen molar-refractivity contribution in [3.8, 4) is 0 Å². The van der Waals surface area contributed by atoms with E-state index in [4.69, 9.17) is 46.4 Å². The topological polar surface area (TPSA) is 24.4 Å². The van der Waals surface area contributed by atoms with E-state index in [0.29, 0.717) is 25.8 Å². The van der Waals surface area contributed by atoms with Crippen molar-refractivity contribution in [2.75, 3.05) is 5.43 Å². The van der Waals surface area contributed by atoms with Crippen molar-refractivity contribution >= 4 is 63.9 Å². The van der Waals surface area contributed by atoms with Crippen molar-refractivity contribution in [3.05, 3.63) is 68.1 Å². The highest BCUT2D eigenvalue weighted by atomic mass is 35.5. The molecule has 0 aliphatic rings. The molecule has 0 amide bonds. The number of nitrogens with zero attached hydrogens (tertiary/aromatic N) is 1. The highest BCUT2D eigenvalue weighted by Crippen LogP contribution is 2.30. The standard InChI is InChI=1S/C21H22Cl4N2/c1-2-3-4-5-7-16(12-10-15-11-13-17(22)20(25)14-15)26-27-21-18(23)8-6-9-19(21)24/h6,8-14,27H,2-5,7H2,1H3/b12-10-,26-16+. The Morgan fingerprint density at radius 1 is 0.926 bits per heavy atom. The van der Waals surface area contributed by atoms with Crippen LogP contribution in [0.5, 0.6) is 0 Å². The number of benzene rings is 2. The molecule has 0 atom stereocenters. The van der Waals surface area contributed by atoms with Gasteiger partial charge in [0.05, 0.1) is 31.5 Å². The molecule has 0 heterocycles. The van der Waals surface area contributed by atoms with E-state index >= 15 is 0 Å². The molecule has 0 aliphatic carbocycles. The summed E-state index contributed by atoms with van der Waals surface area (Å²) in [7, 11) is 0. The van der Waals surface area contributed by atoms with Crippen LogP contribution in [0.3, 0.4) is 0 Å². The summed E-state index contributed by atoms with van der Waals surface area (Å²) in [5, 5.41) is 6.65. The van der Waals surface area contributed by atoms with E-state index in [-0.39, 0.29) is 0 Å². The van der Waals surface area contributed by atoms with Crippen molar-refractivity contribution in [1.82, 2.24) is 0 Å². The molecule has 6 heteroatoms. The average molecular weight is 444 g/mol. The van der Waals surface area contributed by atoms with Gasteiger partial charge < -0.3 is 0 Å². The lowest BCUT2D eigenvalue weighted by molar-refractivity contribution is 0.683. The van der Waals surface area contributed by atoms with Crippen molar-refractivity contribution in [2.24, 2.45) is 5.10 Å². The van der Waals surface area contributed by atoms with Gasteiger partial charge >= 0.3 is 0 Å². The van der Waals surface area contributed by atoms with Crippen LogP contribution in [-0.2, 0) is 0 Å². The van der Waals surface area contributed by atoms with Crippen LogP contribution in [0.15, 0.2) is 47.6 Å². The number of anilines is 1. The zero-order valence-corrected chi connectivity index (χ0v) is 18.1. The molecule has 2 nitrogen and oxygen atoms in total. The van der Waals surface area contributed by atoms with Gasteiger partial charge in [0.15, 0.2) is 0 Å². The van der Waals surface area contributed by atoms with E-state index in [1.165, 1.54) is 19.3 Å². The molecule has 0 spiro atoms. The van der Waals surface area contributed by atoms with Gasteiger partial charge in [-0.15, -0.1) is 0 Å². The van der Waals surface area contributed by atoms with Crippen LogP contribution in [0, 0.1) is 0 Å². The van der Waals surface area contributed by atoms with Crippen molar-refractivity contribution < 1.29 is 0 Å². The molecule has 2 rings (SSSR count). The van der Waals surface area contributed by atoms with E-state index in [2.05, 4.69) is 17.5 Å². The summed E-state index contributed by atoms with van der Waals surface area (Å²) in [5.41, 5.74) is 5.48. The van der Waals surface area contributed by atoms with Gasteiger partial charge in [-0.25, -0.2) is 0 Å². The zero-order valence-electron chi connectivity index (χ0n) is 15.1. The molecule has 2 aromatic rings. The maximum atomic E-state index is 6.20. The summed E-state index contributed by atoms with van der Waals surface area (Å²) < 4.78 is 0. The first-order valence-electron chi connectivity index (χ1n) is 8.91. The number of nitrogens with one attached hydrogen (secondary N) is 1. The highest BCUT2D eigenvalue weighted by molar-refractivity contribution is 6.42. The minimum atomic E-state index is 0.529. The van der Waals surface area contributed by atoms with E-state index in [0.717, 1.165) is 24.1 Å². The van der Waals surface area contributed by atoms with E-state index in [1.807, 2.05) is 24.3 Å². The third kappa shape index (κ3) is 7.38. The summed E-state index contributed by atoms with van der Waals surface area (Å²) in [5.74, 6) is 0. The number of rotatable bonds is 9. The maximum absolute atomic E-state index is 6.20. The van der Waals surface area contributed by atoms with Gasteiger partial charge in [0, 0.05) is 0 Å². The van der Waals surface area contributed by atoms with Gasteiger partial charge in [-0.2, -0.15) is 5.10 Å². The van der Waals surface area contributed by atoms with Crippen LogP contribution in [0.1, 0.15) is 44.6 Å². The highest BCUT2D eigenvalue weighted by Gasteiger charge is 2.05. The molecule has 0 bridgehead atoms. The van der Waals surface area contributed by atoms with E-state index in [9.17, 15) is 0 Å². The fraction of sp³-hybridized carbons (Fsp3) is 0.286. The van der Waals surface area contributed by atoms with Gasteiger partial charge in [0.25, 0.3) is 0 Å². The Morgan fingerprint density at radius 2 is 1.67 bits per heavy atom. The van der Waals surface area contributed by atoms with Gasteiger partial charge in [-0.05, 0) is 48.7 Å². The minimum absolute atomic E-state index is 0.529. The van der Waals surface area contributed by atoms with Crippen molar-refractivity contribution in [2.45, 2.75) is 39.0 Å². The van der Waals surface area contributed by atoms with Crippen LogP contribution in [0.25, 0.3) is 6.08 Å². The summed E-state index contributed by atoms with van der Waals surface area (Å²) in [6.45, 7) is 2.19. The largest absolute Gasteiger partial charge is 0.275 e. The van der Waals surface area contributed by atoms with Crippen LogP contribution in [0.4, 0.5) is 5.69 Å². The van der Waals surface area contributed by atoms with Gasteiger partial charge in [-0.3, -0.25) is 5.43 Å². The summed E-state index contributed by atoms with van der Waals surface area (Å²) in [6.07, 6.45) is 9.44. The quantitative estimate of drug-likeness (QED) is 0.233. The molecule has 27 heavy (non-hydrogen) atoms. The normalized spacial score (nSPS) is 12.0. The maximum Gasteiger partial charge on any atom is 0.0934 e. The number of hydrogen-bond acceptors (Lipinski definition) is 2. The third-order valence-electron chi connectivity index (χ3n) is 3.97. The SMILES string of the molecule is CCCCCCC(/C=C\c1ccc(Cl)c(Cl)c1)=N\Nc1c(Cl)cccc1Cl. The Morgan fingerprint density at radius 3 is 2.33 bits per heavy atom. The smallest absolute Gasteiger partial charge is 0.0934 e. The second kappa shape index (κ2) is 11.6. The second-order valence-corrected chi connectivity index (χ2v) is 7.76. The fourth-order valence-corrected chi connectivity index (χ4v) is 3.24. The minimum Gasteiger partial charge on any atom is -0.275 e. The number of halogens is 4. The molecule has 0 fully saturated rings. The van der Waals surface area contributed by atoms with Crippen molar-refractivity contribution in [1.29, 1.82) is 0 Å². The first kappa shape index (κ1) is 22.1. The van der Waals surface area contributed by atoms with Gasteiger partial charge in [-0.1, -0.05) is 90.8 Å². The number of unbranched alkanes of at least 4 members (excludes halogenated alkanes) is 3. The predicted octanol–water partition coefficient (Wildman–Crippen LogP) is 8.75. The monoisotopic (exact) mass is 442 g/mol. The average Bonchev–Trinajstić information content (AvgIpc) is 2.64. The molecule has 2 aromatic carbocycles. The molecule has 0 saturated carbocycles. The summed E-state index contributed by atoms with van der Waals surface area (Å²) in [6, 6.07) is 10.9. The molecule has 0 unspecified atom stereocenters. The lowest BCUT2D eigenvalue weighted by Gasteiger charge is -2.08. The lowest BCUT2D eigenvalue weighted by atomic mass is 10.1. The van der Waals surface area contributed by atoms with Crippen LogP contribution >= 0.6 is 46.4 Å². The Bertz CT molecular complexity index is 796. The molecule has 0 aliphatic heterocycles. The van der Waals surface area contributed by atoms with Gasteiger partial charge in [0.1, 0.15) is 0 Å². The first-order valence-corrected chi connectivity index (χ1v) is 10.4. The molecule has 0 radical (unpaired) electrons. The fourth-order valence-electron chi connectivity index (χ4n) is 2.45. The van der Waals surface area contributed by atoms with Gasteiger partial charge in [0.2, 0.25) is 0 Å². The van der Waals surface area contributed by atoms with Crippen LogP contribution < -0.4 is 5.43 Å². The number of para-hydroxylation sites is 1. The Hall–Kier alpha value is -1.19. The van der Waals surface area contributed by atoms with Crippen molar-refractivity contribution in [3.63, 3.8) is 0 Å². The molecule has 0 saturated heterocycles.